The third-order valence-corrected chi connectivity index (χ3v) is 5.67. The number of amides is 1. The van der Waals surface area contributed by atoms with Crippen LogP contribution in [0.15, 0.2) is 0 Å². The maximum absolute atomic E-state index is 12.6. The zero-order valence-electron chi connectivity index (χ0n) is 12.4. The Bertz CT molecular complexity index is 454. The van der Waals surface area contributed by atoms with Gasteiger partial charge in [-0.25, -0.2) is 4.79 Å². The Balaban J connectivity index is 1.86. The Morgan fingerprint density at radius 1 is 1.09 bits per heavy atom. The van der Waals surface area contributed by atoms with Crippen molar-refractivity contribution < 1.29 is 27.5 Å². The third kappa shape index (κ3) is 2.58. The van der Waals surface area contributed by atoms with Crippen molar-refractivity contribution >= 4 is 11.9 Å². The Labute approximate surface area is 126 Å². The molecule has 22 heavy (non-hydrogen) atoms. The van der Waals surface area contributed by atoms with Gasteiger partial charge in [-0.05, 0) is 56.3 Å². The lowest BCUT2D eigenvalue weighted by Crippen LogP contribution is -2.61. The quantitative estimate of drug-likeness (QED) is 0.813. The maximum Gasteiger partial charge on any atom is 0.471 e. The summed E-state index contributed by atoms with van der Waals surface area (Å²) in [4.78, 5) is 23.4. The van der Waals surface area contributed by atoms with Crippen LogP contribution in [0.25, 0.3) is 0 Å². The second-order valence-corrected chi connectivity index (χ2v) is 7.21. The van der Waals surface area contributed by atoms with Crippen molar-refractivity contribution in [1.29, 1.82) is 0 Å². The van der Waals surface area contributed by atoms with Crippen LogP contribution >= 0.6 is 0 Å². The molecule has 7 heteroatoms. The van der Waals surface area contributed by atoms with Crippen LogP contribution < -0.4 is 5.32 Å². The van der Waals surface area contributed by atoms with Gasteiger partial charge >= 0.3 is 18.1 Å². The Kier molecular flexibility index (Phi) is 3.64. The summed E-state index contributed by atoms with van der Waals surface area (Å²) < 4.78 is 42.4. The number of carbonyl (C=O) groups excluding carboxylic acids is 2. The zero-order chi connectivity index (χ0) is 16.1. The topological polar surface area (TPSA) is 55.4 Å². The van der Waals surface area contributed by atoms with E-state index in [4.69, 9.17) is 4.74 Å². The molecule has 0 aromatic heterocycles. The Morgan fingerprint density at radius 3 is 1.91 bits per heavy atom. The summed E-state index contributed by atoms with van der Waals surface area (Å²) >= 11 is 0. The fraction of sp³-hybridized carbons (Fsp3) is 0.867. The van der Waals surface area contributed by atoms with E-state index in [2.05, 4.69) is 0 Å². The second kappa shape index (κ2) is 5.13. The molecule has 124 valence electrons. The number of esters is 1. The summed E-state index contributed by atoms with van der Waals surface area (Å²) in [6.07, 6.45) is 0.417. The van der Waals surface area contributed by atoms with Crippen LogP contribution in [0.3, 0.4) is 0 Å². The molecule has 0 heterocycles. The molecule has 4 aliphatic rings. The van der Waals surface area contributed by atoms with E-state index in [1.165, 1.54) is 0 Å². The summed E-state index contributed by atoms with van der Waals surface area (Å²) in [7, 11) is 1.15. The van der Waals surface area contributed by atoms with Gasteiger partial charge in [-0.1, -0.05) is 0 Å². The van der Waals surface area contributed by atoms with Crippen molar-refractivity contribution in [3.8, 4) is 0 Å². The molecular weight excluding hydrogens is 299 g/mol. The molecule has 0 unspecified atom stereocenters. The number of hydrogen-bond donors (Lipinski definition) is 1. The summed E-state index contributed by atoms with van der Waals surface area (Å²) in [5.74, 6) is -1.44. The number of ether oxygens (including phenoxy) is 1. The molecule has 1 amide bonds. The van der Waals surface area contributed by atoms with Crippen LogP contribution in [0.1, 0.15) is 38.5 Å². The zero-order valence-corrected chi connectivity index (χ0v) is 12.4. The van der Waals surface area contributed by atoms with Crippen LogP contribution in [-0.2, 0) is 14.3 Å². The third-order valence-electron chi connectivity index (χ3n) is 5.67. The van der Waals surface area contributed by atoms with Crippen LogP contribution in [0.4, 0.5) is 13.2 Å². The molecule has 0 spiro atoms. The predicted octanol–water partition coefficient (Wildman–Crippen LogP) is 2.42. The van der Waals surface area contributed by atoms with Gasteiger partial charge in [0.2, 0.25) is 0 Å². The fourth-order valence-corrected chi connectivity index (χ4v) is 5.32. The normalized spacial score (nSPS) is 37.7. The number of halogens is 3. The first kappa shape index (κ1) is 15.6. The number of rotatable bonds is 3. The SMILES string of the molecule is COC(=O)[C@@H](NC(=O)C(F)(F)F)C12CC3CC(CC(C3)C1)C2. The first-order chi connectivity index (χ1) is 10.2. The molecular formula is C15H20F3NO3. The van der Waals surface area contributed by atoms with Crippen molar-refractivity contribution in [2.45, 2.75) is 50.7 Å². The van der Waals surface area contributed by atoms with Crippen LogP contribution in [0.2, 0.25) is 0 Å². The monoisotopic (exact) mass is 319 g/mol. The van der Waals surface area contributed by atoms with Gasteiger partial charge in [0.25, 0.3) is 0 Å². The lowest BCUT2D eigenvalue weighted by atomic mass is 9.47. The minimum absolute atomic E-state index is 0.459. The molecule has 4 rings (SSSR count). The van der Waals surface area contributed by atoms with E-state index in [9.17, 15) is 22.8 Å². The van der Waals surface area contributed by atoms with Gasteiger partial charge in [0.05, 0.1) is 7.11 Å². The van der Waals surface area contributed by atoms with Crippen molar-refractivity contribution in [2.75, 3.05) is 7.11 Å². The van der Waals surface area contributed by atoms with Crippen LogP contribution in [0, 0.1) is 23.2 Å². The average molecular weight is 319 g/mol. The molecule has 4 bridgehead atoms. The Morgan fingerprint density at radius 2 is 1.55 bits per heavy atom. The van der Waals surface area contributed by atoms with Crippen molar-refractivity contribution in [3.05, 3.63) is 0 Å². The van der Waals surface area contributed by atoms with E-state index in [1.54, 1.807) is 0 Å². The minimum atomic E-state index is -4.99. The van der Waals surface area contributed by atoms with E-state index >= 15 is 0 Å². The fourth-order valence-electron chi connectivity index (χ4n) is 5.32. The van der Waals surface area contributed by atoms with E-state index in [-0.39, 0.29) is 0 Å². The van der Waals surface area contributed by atoms with Gasteiger partial charge in [0, 0.05) is 5.41 Å². The van der Waals surface area contributed by atoms with E-state index < -0.39 is 29.5 Å². The highest BCUT2D eigenvalue weighted by atomic mass is 19.4. The molecule has 1 atom stereocenters. The standard InChI is InChI=1S/C15H20F3NO3/c1-22-12(20)11(19-13(21)15(16,17)18)14-5-8-2-9(6-14)4-10(3-8)7-14/h8-11H,2-7H2,1H3,(H,19,21)/t8?,9?,10?,11-,14?/m1/s1. The molecule has 4 fully saturated rings. The lowest BCUT2D eigenvalue weighted by molar-refractivity contribution is -0.180. The predicted molar refractivity (Wildman–Crippen MR) is 70.6 cm³/mol. The van der Waals surface area contributed by atoms with Crippen molar-refractivity contribution in [1.82, 2.24) is 5.32 Å². The molecule has 0 aromatic carbocycles. The smallest absolute Gasteiger partial charge is 0.467 e. The van der Waals surface area contributed by atoms with Gasteiger partial charge in [0.15, 0.2) is 0 Å². The molecule has 0 aromatic rings. The summed E-state index contributed by atoms with van der Waals surface area (Å²) in [6.45, 7) is 0. The molecule has 0 radical (unpaired) electrons. The molecule has 0 saturated heterocycles. The number of hydrogen-bond acceptors (Lipinski definition) is 3. The van der Waals surface area contributed by atoms with Gasteiger partial charge < -0.3 is 10.1 Å². The molecule has 1 N–H and O–H groups in total. The largest absolute Gasteiger partial charge is 0.471 e. The molecule has 4 saturated carbocycles. The minimum Gasteiger partial charge on any atom is -0.467 e. The highest BCUT2D eigenvalue weighted by Gasteiger charge is 2.57. The summed E-state index contributed by atoms with van der Waals surface area (Å²) in [5.41, 5.74) is -0.567. The van der Waals surface area contributed by atoms with Gasteiger partial charge in [0.1, 0.15) is 6.04 Å². The maximum atomic E-state index is 12.6. The van der Waals surface area contributed by atoms with E-state index in [0.717, 1.165) is 26.4 Å². The lowest BCUT2D eigenvalue weighted by Gasteiger charge is -2.58. The van der Waals surface area contributed by atoms with Crippen LogP contribution in [0.5, 0.6) is 0 Å². The number of nitrogens with one attached hydrogen (secondary N) is 1. The second-order valence-electron chi connectivity index (χ2n) is 7.21. The number of carbonyl (C=O) groups is 2. The molecule has 0 aliphatic heterocycles. The van der Waals surface area contributed by atoms with Crippen LogP contribution in [-0.4, -0.2) is 31.2 Å². The highest BCUT2D eigenvalue weighted by Crippen LogP contribution is 2.61. The van der Waals surface area contributed by atoms with E-state index in [0.29, 0.717) is 37.0 Å². The van der Waals surface area contributed by atoms with E-state index in [1.807, 2.05) is 5.32 Å². The Hall–Kier alpha value is -1.27. The van der Waals surface area contributed by atoms with Crippen molar-refractivity contribution in [3.63, 3.8) is 0 Å². The first-order valence-electron chi connectivity index (χ1n) is 7.69. The van der Waals surface area contributed by atoms with Crippen molar-refractivity contribution in [2.24, 2.45) is 23.2 Å². The summed E-state index contributed by atoms with van der Waals surface area (Å²) in [5, 5.41) is 1.93. The molecule has 4 nitrogen and oxygen atoms in total. The number of alkyl halides is 3. The molecule has 4 aliphatic carbocycles. The average Bonchev–Trinajstić information content (AvgIpc) is 2.40. The summed E-state index contributed by atoms with van der Waals surface area (Å²) in [6, 6.07) is -1.19. The highest BCUT2D eigenvalue weighted by molar-refractivity contribution is 5.88. The first-order valence-corrected chi connectivity index (χ1v) is 7.69. The van der Waals surface area contributed by atoms with Gasteiger partial charge in [-0.3, -0.25) is 4.79 Å². The van der Waals surface area contributed by atoms with Gasteiger partial charge in [-0.2, -0.15) is 13.2 Å². The number of methoxy groups -OCH3 is 1. The van der Waals surface area contributed by atoms with Gasteiger partial charge in [-0.15, -0.1) is 0 Å².